The van der Waals surface area contributed by atoms with Gasteiger partial charge in [-0.15, -0.1) is 0 Å². The van der Waals surface area contributed by atoms with Crippen molar-refractivity contribution in [2.45, 2.75) is 6.18 Å². The van der Waals surface area contributed by atoms with Gasteiger partial charge in [0.05, 0.1) is 23.0 Å². The van der Waals surface area contributed by atoms with E-state index in [1.807, 2.05) is 41.1 Å². The molecule has 2 heterocycles. The van der Waals surface area contributed by atoms with Crippen LogP contribution in [0.15, 0.2) is 67.0 Å². The lowest BCUT2D eigenvalue weighted by Crippen LogP contribution is -2.04. The number of rotatable bonds is 2. The molecule has 4 rings (SSSR count). The van der Waals surface area contributed by atoms with Gasteiger partial charge >= 0.3 is 6.18 Å². The molecule has 2 aromatic carbocycles. The van der Waals surface area contributed by atoms with Gasteiger partial charge in [0.15, 0.2) is 0 Å². The molecule has 24 heavy (non-hydrogen) atoms. The monoisotopic (exact) mass is 327 g/mol. The molecule has 6 heteroatoms. The molecule has 3 nitrogen and oxygen atoms in total. The molecule has 0 unspecified atom stereocenters. The quantitative estimate of drug-likeness (QED) is 0.550. The van der Waals surface area contributed by atoms with Crippen LogP contribution in [0.3, 0.4) is 0 Å². The van der Waals surface area contributed by atoms with Gasteiger partial charge in [0.2, 0.25) is 0 Å². The van der Waals surface area contributed by atoms with Crippen molar-refractivity contribution in [2.75, 3.05) is 0 Å². The van der Waals surface area contributed by atoms with Crippen molar-refractivity contribution in [1.82, 2.24) is 14.8 Å². The Labute approximate surface area is 135 Å². The van der Waals surface area contributed by atoms with E-state index in [4.69, 9.17) is 0 Å². The first-order chi connectivity index (χ1) is 11.5. The van der Waals surface area contributed by atoms with Crippen LogP contribution in [-0.4, -0.2) is 14.8 Å². The van der Waals surface area contributed by atoms with Crippen LogP contribution in [0.4, 0.5) is 13.2 Å². The highest BCUT2D eigenvalue weighted by molar-refractivity contribution is 5.80. The molecule has 4 aromatic rings. The zero-order valence-corrected chi connectivity index (χ0v) is 12.4. The molecule has 0 spiro atoms. The fourth-order valence-electron chi connectivity index (χ4n) is 2.75. The highest BCUT2D eigenvalue weighted by Crippen LogP contribution is 2.32. The minimum absolute atomic E-state index is 0.650. The summed E-state index contributed by atoms with van der Waals surface area (Å²) in [6.45, 7) is 0. The van der Waals surface area contributed by atoms with E-state index in [1.54, 1.807) is 6.20 Å². The lowest BCUT2D eigenvalue weighted by Gasteiger charge is -2.11. The average Bonchev–Trinajstić information content (AvgIpc) is 3.22. The fourth-order valence-corrected chi connectivity index (χ4v) is 2.75. The van der Waals surface area contributed by atoms with Crippen molar-refractivity contribution in [1.29, 1.82) is 0 Å². The molecule has 0 saturated carbocycles. The van der Waals surface area contributed by atoms with Gasteiger partial charge < -0.3 is 4.57 Å². The molecule has 0 saturated heterocycles. The van der Waals surface area contributed by atoms with Crippen LogP contribution in [0.25, 0.3) is 27.8 Å². The lowest BCUT2D eigenvalue weighted by molar-refractivity contribution is -0.137. The first-order valence-electron chi connectivity index (χ1n) is 7.31. The number of halogens is 3. The maximum absolute atomic E-state index is 12.7. The second kappa shape index (κ2) is 5.26. The van der Waals surface area contributed by atoms with Crippen molar-refractivity contribution in [2.24, 2.45) is 0 Å². The number of hydrogen-bond donors (Lipinski definition) is 1. The van der Waals surface area contributed by atoms with E-state index in [1.165, 1.54) is 12.1 Å². The predicted molar refractivity (Wildman–Crippen MR) is 85.9 cm³/mol. The second-order valence-corrected chi connectivity index (χ2v) is 5.48. The van der Waals surface area contributed by atoms with Crippen LogP contribution in [0.1, 0.15) is 5.56 Å². The molecular formula is C18H12F3N3. The Bertz CT molecular complexity index is 994. The minimum Gasteiger partial charge on any atom is -0.317 e. The van der Waals surface area contributed by atoms with E-state index < -0.39 is 11.7 Å². The van der Waals surface area contributed by atoms with Gasteiger partial charge in [-0.1, -0.05) is 12.1 Å². The SMILES string of the molecule is FC(F)(F)c1ccc(-c2cccn2-c2ccc3cn[nH]c3c2)cc1. The van der Waals surface area contributed by atoms with Crippen LogP contribution in [0, 0.1) is 0 Å². The van der Waals surface area contributed by atoms with Crippen molar-refractivity contribution in [3.8, 4) is 16.9 Å². The maximum Gasteiger partial charge on any atom is 0.416 e. The number of nitrogens with zero attached hydrogens (tertiary/aromatic N) is 2. The number of aromatic amines is 1. The summed E-state index contributed by atoms with van der Waals surface area (Å²) in [5, 5.41) is 7.91. The molecule has 0 atom stereocenters. The molecule has 120 valence electrons. The van der Waals surface area contributed by atoms with E-state index >= 15 is 0 Å². The second-order valence-electron chi connectivity index (χ2n) is 5.48. The van der Waals surface area contributed by atoms with Crippen molar-refractivity contribution >= 4 is 10.9 Å². The number of fused-ring (bicyclic) bond motifs is 1. The molecule has 1 N–H and O–H groups in total. The van der Waals surface area contributed by atoms with Crippen LogP contribution >= 0.6 is 0 Å². The Kier molecular flexibility index (Phi) is 3.19. The van der Waals surface area contributed by atoms with Crippen molar-refractivity contribution in [3.63, 3.8) is 0 Å². The molecule has 0 amide bonds. The summed E-state index contributed by atoms with van der Waals surface area (Å²) < 4.78 is 40.1. The molecule has 0 bridgehead atoms. The van der Waals surface area contributed by atoms with Gasteiger partial charge in [0.1, 0.15) is 0 Å². The Morgan fingerprint density at radius 1 is 0.958 bits per heavy atom. The summed E-state index contributed by atoms with van der Waals surface area (Å²) in [5.41, 5.74) is 2.70. The first kappa shape index (κ1) is 14.6. The Morgan fingerprint density at radius 3 is 2.50 bits per heavy atom. The van der Waals surface area contributed by atoms with Gasteiger partial charge in [-0.25, -0.2) is 0 Å². The summed E-state index contributed by atoms with van der Waals surface area (Å²) in [7, 11) is 0. The number of aromatic nitrogens is 3. The van der Waals surface area contributed by atoms with E-state index in [9.17, 15) is 13.2 Å². The summed E-state index contributed by atoms with van der Waals surface area (Å²) >= 11 is 0. The van der Waals surface area contributed by atoms with E-state index in [0.717, 1.165) is 40.0 Å². The zero-order valence-electron chi connectivity index (χ0n) is 12.4. The average molecular weight is 327 g/mol. The van der Waals surface area contributed by atoms with Crippen LogP contribution in [-0.2, 0) is 6.18 Å². The Hall–Kier alpha value is -3.02. The molecule has 2 aromatic heterocycles. The summed E-state index contributed by atoms with van der Waals surface area (Å²) in [6.07, 6.45) is -0.706. The van der Waals surface area contributed by atoms with E-state index in [-0.39, 0.29) is 0 Å². The van der Waals surface area contributed by atoms with Gasteiger partial charge in [-0.2, -0.15) is 18.3 Å². The number of H-pyrrole nitrogens is 1. The fraction of sp³-hybridized carbons (Fsp3) is 0.0556. The molecule has 0 aliphatic heterocycles. The third kappa shape index (κ3) is 2.46. The number of alkyl halides is 3. The minimum atomic E-state index is -4.33. The number of benzene rings is 2. The van der Waals surface area contributed by atoms with E-state index in [0.29, 0.717) is 0 Å². The third-order valence-electron chi connectivity index (χ3n) is 3.96. The standard InChI is InChI=1S/C18H12F3N3/c19-18(20,21)14-6-3-12(4-7-14)17-2-1-9-24(17)15-8-5-13-11-22-23-16(13)10-15/h1-11H,(H,22,23). The molecule has 0 aliphatic carbocycles. The van der Waals surface area contributed by atoms with Gasteiger partial charge in [-0.3, -0.25) is 5.10 Å². The summed E-state index contributed by atoms with van der Waals surface area (Å²) in [6, 6.07) is 14.8. The van der Waals surface area contributed by atoms with Crippen LogP contribution in [0.5, 0.6) is 0 Å². The van der Waals surface area contributed by atoms with Crippen LogP contribution < -0.4 is 0 Å². The molecule has 0 fully saturated rings. The first-order valence-corrected chi connectivity index (χ1v) is 7.31. The smallest absolute Gasteiger partial charge is 0.317 e. The Morgan fingerprint density at radius 2 is 1.75 bits per heavy atom. The topological polar surface area (TPSA) is 33.6 Å². The summed E-state index contributed by atoms with van der Waals surface area (Å²) in [5.74, 6) is 0. The molecule has 0 radical (unpaired) electrons. The number of hydrogen-bond acceptors (Lipinski definition) is 1. The van der Waals surface area contributed by atoms with Gasteiger partial charge in [-0.05, 0) is 48.0 Å². The highest BCUT2D eigenvalue weighted by atomic mass is 19.4. The highest BCUT2D eigenvalue weighted by Gasteiger charge is 2.30. The predicted octanol–water partition coefficient (Wildman–Crippen LogP) is 5.04. The van der Waals surface area contributed by atoms with Gasteiger partial charge in [0.25, 0.3) is 0 Å². The normalized spacial score (nSPS) is 12.0. The lowest BCUT2D eigenvalue weighted by atomic mass is 10.1. The zero-order chi connectivity index (χ0) is 16.7. The van der Waals surface area contributed by atoms with Crippen LogP contribution in [0.2, 0.25) is 0 Å². The number of nitrogens with one attached hydrogen (secondary N) is 1. The van der Waals surface area contributed by atoms with Crippen molar-refractivity contribution < 1.29 is 13.2 Å². The maximum atomic E-state index is 12.7. The summed E-state index contributed by atoms with van der Waals surface area (Å²) in [4.78, 5) is 0. The van der Waals surface area contributed by atoms with E-state index in [2.05, 4.69) is 10.2 Å². The Balaban J connectivity index is 1.77. The molecular weight excluding hydrogens is 315 g/mol. The largest absolute Gasteiger partial charge is 0.416 e. The molecule has 0 aliphatic rings. The van der Waals surface area contributed by atoms with Gasteiger partial charge in [0, 0.05) is 17.3 Å². The third-order valence-corrected chi connectivity index (χ3v) is 3.96. The van der Waals surface area contributed by atoms with Crippen molar-refractivity contribution in [3.05, 3.63) is 72.6 Å².